The highest BCUT2D eigenvalue weighted by molar-refractivity contribution is 5.80. The van der Waals surface area contributed by atoms with Gasteiger partial charge in [-0.1, -0.05) is 13.3 Å². The Balaban J connectivity index is 1.59. The van der Waals surface area contributed by atoms with E-state index in [1.807, 2.05) is 6.92 Å². The van der Waals surface area contributed by atoms with Gasteiger partial charge in [0.1, 0.15) is 11.6 Å². The summed E-state index contributed by atoms with van der Waals surface area (Å²) in [5.41, 5.74) is 0.266. The summed E-state index contributed by atoms with van der Waals surface area (Å²) >= 11 is 0. The minimum atomic E-state index is 0.266. The lowest BCUT2D eigenvalue weighted by Crippen LogP contribution is -2.53. The second kappa shape index (κ2) is 5.70. The molecule has 0 aromatic rings. The first-order chi connectivity index (χ1) is 11.0. The molecule has 7 atom stereocenters. The Hall–Kier alpha value is -0.660. The van der Waals surface area contributed by atoms with Crippen molar-refractivity contribution in [1.29, 1.82) is 0 Å². The van der Waals surface area contributed by atoms with E-state index in [2.05, 4.69) is 6.92 Å². The van der Waals surface area contributed by atoms with E-state index in [0.29, 0.717) is 23.4 Å². The third kappa shape index (κ3) is 2.43. The van der Waals surface area contributed by atoms with Gasteiger partial charge in [-0.05, 0) is 86.9 Å². The second-order valence-corrected chi connectivity index (χ2v) is 9.36. The molecule has 128 valence electrons. The first kappa shape index (κ1) is 15.8. The average molecular weight is 316 g/mol. The highest BCUT2D eigenvalue weighted by Gasteiger charge is 2.56. The van der Waals surface area contributed by atoms with Crippen molar-refractivity contribution >= 4 is 11.6 Å². The quantitative estimate of drug-likeness (QED) is 0.696. The molecule has 0 heterocycles. The van der Waals surface area contributed by atoms with Crippen molar-refractivity contribution in [3.05, 3.63) is 0 Å². The van der Waals surface area contributed by atoms with Crippen LogP contribution in [0.2, 0.25) is 0 Å². The molecule has 0 unspecified atom stereocenters. The first-order valence-electron chi connectivity index (χ1n) is 10.0. The van der Waals surface area contributed by atoms with Crippen LogP contribution in [0.1, 0.15) is 78.1 Å². The van der Waals surface area contributed by atoms with Gasteiger partial charge in [-0.3, -0.25) is 9.59 Å². The largest absolute Gasteiger partial charge is 0.300 e. The van der Waals surface area contributed by atoms with Gasteiger partial charge in [-0.25, -0.2) is 0 Å². The number of fused-ring (bicyclic) bond motifs is 5. The van der Waals surface area contributed by atoms with Crippen molar-refractivity contribution < 1.29 is 9.59 Å². The van der Waals surface area contributed by atoms with Gasteiger partial charge in [0, 0.05) is 18.8 Å². The van der Waals surface area contributed by atoms with Crippen molar-refractivity contribution in [3.63, 3.8) is 0 Å². The highest BCUT2D eigenvalue weighted by Crippen LogP contribution is 2.62. The molecule has 23 heavy (non-hydrogen) atoms. The third-order valence-electron chi connectivity index (χ3n) is 8.50. The molecular weight excluding hydrogens is 284 g/mol. The van der Waals surface area contributed by atoms with Crippen LogP contribution in [0.15, 0.2) is 0 Å². The lowest BCUT2D eigenvalue weighted by molar-refractivity contribution is -0.144. The molecule has 0 aliphatic heterocycles. The molecule has 4 rings (SSSR count). The van der Waals surface area contributed by atoms with Gasteiger partial charge in [0.2, 0.25) is 0 Å². The van der Waals surface area contributed by atoms with Gasteiger partial charge < -0.3 is 0 Å². The average Bonchev–Trinajstić information content (AvgIpc) is 2.52. The predicted molar refractivity (Wildman–Crippen MR) is 90.9 cm³/mol. The SMILES string of the molecule is CC(=O)[C@H]1CCC[C@H]2[C@@H]3CC[C@H]4CC(=O)CC[C@@H]4[C@H]3CC[C@]12C. The van der Waals surface area contributed by atoms with Crippen LogP contribution in [0.25, 0.3) is 0 Å². The van der Waals surface area contributed by atoms with Crippen molar-refractivity contribution in [2.45, 2.75) is 78.1 Å². The number of rotatable bonds is 1. The Labute approximate surface area is 140 Å². The lowest BCUT2D eigenvalue weighted by Gasteiger charge is -2.59. The summed E-state index contributed by atoms with van der Waals surface area (Å²) in [4.78, 5) is 24.1. The van der Waals surface area contributed by atoms with E-state index in [4.69, 9.17) is 0 Å². The Morgan fingerprint density at radius 2 is 1.83 bits per heavy atom. The Bertz CT molecular complexity index is 510. The summed E-state index contributed by atoms with van der Waals surface area (Å²) in [7, 11) is 0. The van der Waals surface area contributed by atoms with E-state index in [1.54, 1.807) is 0 Å². The normalized spacial score (nSPS) is 49.7. The molecule has 0 bridgehead atoms. The zero-order valence-electron chi connectivity index (χ0n) is 14.9. The van der Waals surface area contributed by atoms with Crippen LogP contribution in [-0.2, 0) is 9.59 Å². The van der Waals surface area contributed by atoms with Crippen molar-refractivity contribution in [2.24, 2.45) is 40.9 Å². The monoisotopic (exact) mass is 316 g/mol. The fraction of sp³-hybridized carbons (Fsp3) is 0.905. The number of hydrogen-bond acceptors (Lipinski definition) is 2. The molecule has 4 aliphatic rings. The van der Waals surface area contributed by atoms with Gasteiger partial charge in [-0.2, -0.15) is 0 Å². The number of hydrogen-bond donors (Lipinski definition) is 0. The molecule has 2 nitrogen and oxygen atoms in total. The topological polar surface area (TPSA) is 34.1 Å². The van der Waals surface area contributed by atoms with E-state index in [1.165, 1.54) is 38.5 Å². The molecule has 0 aromatic carbocycles. The molecule has 4 saturated carbocycles. The summed E-state index contributed by atoms with van der Waals surface area (Å²) in [6.07, 6.45) is 11.7. The lowest BCUT2D eigenvalue weighted by atomic mass is 9.45. The summed E-state index contributed by atoms with van der Waals surface area (Å²) in [5, 5.41) is 0. The van der Waals surface area contributed by atoms with Crippen LogP contribution in [0, 0.1) is 40.9 Å². The molecule has 2 heteroatoms. The first-order valence-corrected chi connectivity index (χ1v) is 10.0. The highest BCUT2D eigenvalue weighted by atomic mass is 16.1. The maximum absolute atomic E-state index is 12.2. The second-order valence-electron chi connectivity index (χ2n) is 9.36. The molecule has 0 aromatic heterocycles. The maximum atomic E-state index is 12.2. The standard InChI is InChI=1S/C21H32O2/c1-13(22)19-4-3-5-20-18-8-6-14-12-15(23)7-9-16(14)17(18)10-11-21(19,20)2/h14,16-20H,3-12H2,1-2H3/t14-,16-,17+,18+,19+,20-,21+/m0/s1. The van der Waals surface area contributed by atoms with E-state index >= 15 is 0 Å². The molecular formula is C21H32O2. The molecule has 0 radical (unpaired) electrons. The van der Waals surface area contributed by atoms with Crippen LogP contribution in [-0.4, -0.2) is 11.6 Å². The van der Waals surface area contributed by atoms with Crippen molar-refractivity contribution in [2.75, 3.05) is 0 Å². The molecule has 0 N–H and O–H groups in total. The van der Waals surface area contributed by atoms with E-state index < -0.39 is 0 Å². The number of ketones is 2. The van der Waals surface area contributed by atoms with Gasteiger partial charge in [0.25, 0.3) is 0 Å². The van der Waals surface area contributed by atoms with Crippen LogP contribution >= 0.6 is 0 Å². The fourth-order valence-corrected chi connectivity index (χ4v) is 7.52. The summed E-state index contributed by atoms with van der Waals surface area (Å²) < 4.78 is 0. The summed E-state index contributed by atoms with van der Waals surface area (Å²) in [6.45, 7) is 4.27. The van der Waals surface area contributed by atoms with E-state index in [0.717, 1.165) is 49.4 Å². The zero-order valence-corrected chi connectivity index (χ0v) is 14.9. The van der Waals surface area contributed by atoms with Crippen molar-refractivity contribution in [1.82, 2.24) is 0 Å². The van der Waals surface area contributed by atoms with Crippen LogP contribution in [0.3, 0.4) is 0 Å². The van der Waals surface area contributed by atoms with Crippen LogP contribution in [0.5, 0.6) is 0 Å². The van der Waals surface area contributed by atoms with Crippen LogP contribution < -0.4 is 0 Å². The zero-order chi connectivity index (χ0) is 16.2. The number of carbonyl (C=O) groups is 2. The fourth-order valence-electron chi connectivity index (χ4n) is 7.52. The van der Waals surface area contributed by atoms with Crippen LogP contribution in [0.4, 0.5) is 0 Å². The Morgan fingerprint density at radius 3 is 2.61 bits per heavy atom. The van der Waals surface area contributed by atoms with E-state index in [-0.39, 0.29) is 5.41 Å². The predicted octanol–water partition coefficient (Wildman–Crippen LogP) is 4.80. The van der Waals surface area contributed by atoms with Gasteiger partial charge in [0.15, 0.2) is 0 Å². The molecule has 0 amide bonds. The van der Waals surface area contributed by atoms with Gasteiger partial charge in [0.05, 0.1) is 0 Å². The third-order valence-corrected chi connectivity index (χ3v) is 8.50. The number of carbonyl (C=O) groups excluding carboxylic acids is 2. The maximum Gasteiger partial charge on any atom is 0.133 e. The van der Waals surface area contributed by atoms with E-state index in [9.17, 15) is 9.59 Å². The number of Topliss-reactive ketones (excluding diaryl/α,β-unsaturated/α-hetero) is 2. The summed E-state index contributed by atoms with van der Waals surface area (Å²) in [6, 6.07) is 0. The Morgan fingerprint density at radius 1 is 1.00 bits per heavy atom. The molecule has 4 fully saturated rings. The van der Waals surface area contributed by atoms with Crippen molar-refractivity contribution in [3.8, 4) is 0 Å². The minimum Gasteiger partial charge on any atom is -0.300 e. The molecule has 4 aliphatic carbocycles. The smallest absolute Gasteiger partial charge is 0.133 e. The molecule has 0 spiro atoms. The van der Waals surface area contributed by atoms with Gasteiger partial charge in [-0.15, -0.1) is 0 Å². The Kier molecular flexibility index (Phi) is 3.93. The molecule has 0 saturated heterocycles. The van der Waals surface area contributed by atoms with Gasteiger partial charge >= 0.3 is 0 Å². The minimum absolute atomic E-state index is 0.266. The summed E-state index contributed by atoms with van der Waals surface area (Å²) in [5.74, 6) is 5.22.